The van der Waals surface area contributed by atoms with E-state index in [9.17, 15) is 0 Å². The Labute approximate surface area is 110 Å². The fourth-order valence-corrected chi connectivity index (χ4v) is 1.89. The fourth-order valence-electron chi connectivity index (χ4n) is 1.55. The van der Waals surface area contributed by atoms with E-state index >= 15 is 0 Å². The molecule has 0 atom stereocenters. The molecule has 5 heteroatoms. The van der Waals surface area contributed by atoms with Gasteiger partial charge >= 0.3 is 0 Å². The highest BCUT2D eigenvalue weighted by Crippen LogP contribution is 2.15. The van der Waals surface area contributed by atoms with E-state index < -0.39 is 0 Å². The lowest BCUT2D eigenvalue weighted by atomic mass is 10.3. The molecule has 0 unspecified atom stereocenters. The number of hydrogen-bond acceptors (Lipinski definition) is 2. The second-order valence-corrected chi connectivity index (χ2v) is 4.58. The molecule has 0 bridgehead atoms. The molecule has 0 spiro atoms. The van der Waals surface area contributed by atoms with E-state index in [1.807, 2.05) is 35.9 Å². The van der Waals surface area contributed by atoms with Gasteiger partial charge in [-0.25, -0.2) is 0 Å². The number of anilines is 1. The minimum absolute atomic E-state index is 0.702. The lowest BCUT2D eigenvalue weighted by Gasteiger charge is -2.08. The van der Waals surface area contributed by atoms with Crippen LogP contribution >= 0.6 is 23.2 Å². The van der Waals surface area contributed by atoms with Gasteiger partial charge in [0.05, 0.1) is 23.5 Å². The predicted octanol–water partition coefficient (Wildman–Crippen LogP) is 3.61. The zero-order valence-corrected chi connectivity index (χ0v) is 11.0. The zero-order chi connectivity index (χ0) is 12.3. The highest BCUT2D eigenvalue weighted by atomic mass is 35.5. The molecule has 0 saturated heterocycles. The summed E-state index contributed by atoms with van der Waals surface area (Å²) in [5.41, 5.74) is 1.99. The Balaban J connectivity index is 1.90. The first-order valence-corrected chi connectivity index (χ1v) is 6.10. The third-order valence-electron chi connectivity index (χ3n) is 2.52. The number of hydrogen-bond donors (Lipinski definition) is 1. The molecule has 0 aliphatic rings. The quantitative estimate of drug-likeness (QED) is 0.919. The summed E-state index contributed by atoms with van der Waals surface area (Å²) in [5, 5.41) is 8.90. The molecule has 2 aromatic rings. The van der Waals surface area contributed by atoms with Crippen LogP contribution in [0.5, 0.6) is 0 Å². The molecule has 0 aliphatic heterocycles. The van der Waals surface area contributed by atoms with Gasteiger partial charge in [0.25, 0.3) is 0 Å². The lowest BCUT2D eigenvalue weighted by molar-refractivity contribution is 0.620. The molecule has 1 aromatic carbocycles. The zero-order valence-electron chi connectivity index (χ0n) is 9.45. The fraction of sp³-hybridized carbons (Fsp3) is 0.250. The highest BCUT2D eigenvalue weighted by molar-refractivity contribution is 6.31. The van der Waals surface area contributed by atoms with E-state index in [4.69, 9.17) is 23.2 Å². The van der Waals surface area contributed by atoms with E-state index in [1.54, 1.807) is 6.20 Å². The van der Waals surface area contributed by atoms with E-state index in [0.717, 1.165) is 29.5 Å². The van der Waals surface area contributed by atoms with Crippen molar-refractivity contribution in [1.29, 1.82) is 0 Å². The lowest BCUT2D eigenvalue weighted by Crippen LogP contribution is -2.12. The monoisotopic (exact) mass is 269 g/mol. The standard InChI is InChI=1S/C12H13Cl2N3/c1-9-12(14)8-16-17(9)6-5-15-11-4-2-3-10(13)7-11/h2-4,7-8,15H,5-6H2,1H3. The van der Waals surface area contributed by atoms with Crippen molar-refractivity contribution in [1.82, 2.24) is 9.78 Å². The number of nitrogens with one attached hydrogen (secondary N) is 1. The van der Waals surface area contributed by atoms with Crippen molar-refractivity contribution in [2.24, 2.45) is 0 Å². The Morgan fingerprint density at radius 3 is 2.82 bits per heavy atom. The van der Waals surface area contributed by atoms with Crippen LogP contribution in [0.15, 0.2) is 30.5 Å². The molecule has 0 radical (unpaired) electrons. The van der Waals surface area contributed by atoms with Gasteiger partial charge in [0, 0.05) is 17.3 Å². The Bertz CT molecular complexity index is 508. The molecule has 0 fully saturated rings. The molecule has 1 N–H and O–H groups in total. The van der Waals surface area contributed by atoms with Gasteiger partial charge in [-0.3, -0.25) is 4.68 Å². The molecular formula is C12H13Cl2N3. The van der Waals surface area contributed by atoms with Gasteiger partial charge < -0.3 is 5.32 Å². The van der Waals surface area contributed by atoms with E-state index in [2.05, 4.69) is 10.4 Å². The van der Waals surface area contributed by atoms with Gasteiger partial charge in [-0.1, -0.05) is 29.3 Å². The third kappa shape index (κ3) is 3.14. The predicted molar refractivity (Wildman–Crippen MR) is 71.9 cm³/mol. The van der Waals surface area contributed by atoms with Gasteiger partial charge in [0.1, 0.15) is 0 Å². The first kappa shape index (κ1) is 12.3. The second kappa shape index (κ2) is 5.43. The number of halogens is 2. The Hall–Kier alpha value is -1.19. The summed E-state index contributed by atoms with van der Waals surface area (Å²) in [4.78, 5) is 0. The molecule has 90 valence electrons. The number of nitrogens with zero attached hydrogens (tertiary/aromatic N) is 2. The Morgan fingerprint density at radius 1 is 1.35 bits per heavy atom. The van der Waals surface area contributed by atoms with Crippen molar-refractivity contribution < 1.29 is 0 Å². The van der Waals surface area contributed by atoms with E-state index in [1.165, 1.54) is 0 Å². The summed E-state index contributed by atoms with van der Waals surface area (Å²) >= 11 is 11.8. The normalized spacial score (nSPS) is 10.5. The maximum Gasteiger partial charge on any atom is 0.0814 e. The maximum absolute atomic E-state index is 5.92. The summed E-state index contributed by atoms with van der Waals surface area (Å²) in [6.45, 7) is 3.50. The topological polar surface area (TPSA) is 29.9 Å². The van der Waals surface area contributed by atoms with Crippen molar-refractivity contribution in [3.63, 3.8) is 0 Å². The van der Waals surface area contributed by atoms with Crippen molar-refractivity contribution >= 4 is 28.9 Å². The van der Waals surface area contributed by atoms with Crippen LogP contribution in [0, 0.1) is 6.92 Å². The van der Waals surface area contributed by atoms with Crippen molar-refractivity contribution in [3.8, 4) is 0 Å². The summed E-state index contributed by atoms with van der Waals surface area (Å²) < 4.78 is 1.87. The molecule has 0 saturated carbocycles. The molecule has 17 heavy (non-hydrogen) atoms. The van der Waals surface area contributed by atoms with Crippen molar-refractivity contribution in [2.75, 3.05) is 11.9 Å². The third-order valence-corrected chi connectivity index (χ3v) is 3.13. The van der Waals surface area contributed by atoms with Crippen molar-refractivity contribution in [2.45, 2.75) is 13.5 Å². The van der Waals surface area contributed by atoms with Crippen LogP contribution in [0.4, 0.5) is 5.69 Å². The minimum Gasteiger partial charge on any atom is -0.383 e. The van der Waals surface area contributed by atoms with Gasteiger partial charge in [0.15, 0.2) is 0 Å². The Morgan fingerprint density at radius 2 is 2.18 bits per heavy atom. The van der Waals surface area contributed by atoms with E-state index in [0.29, 0.717) is 5.02 Å². The van der Waals surface area contributed by atoms with Crippen LogP contribution < -0.4 is 5.32 Å². The number of aromatic nitrogens is 2. The summed E-state index contributed by atoms with van der Waals surface area (Å²) in [5.74, 6) is 0. The van der Waals surface area contributed by atoms with Gasteiger partial charge in [-0.2, -0.15) is 5.10 Å². The highest BCUT2D eigenvalue weighted by Gasteiger charge is 2.02. The van der Waals surface area contributed by atoms with E-state index in [-0.39, 0.29) is 0 Å². The minimum atomic E-state index is 0.702. The number of benzene rings is 1. The molecule has 1 aromatic heterocycles. The summed E-state index contributed by atoms with van der Waals surface area (Å²) in [6, 6.07) is 7.64. The average Bonchev–Trinajstić information content (AvgIpc) is 2.61. The smallest absolute Gasteiger partial charge is 0.0814 e. The van der Waals surface area contributed by atoms with Crippen LogP contribution in [0.1, 0.15) is 5.69 Å². The summed E-state index contributed by atoms with van der Waals surface area (Å²) in [6.07, 6.45) is 1.66. The van der Waals surface area contributed by atoms with Gasteiger partial charge in [-0.05, 0) is 25.1 Å². The van der Waals surface area contributed by atoms with Crippen LogP contribution in [0.3, 0.4) is 0 Å². The second-order valence-electron chi connectivity index (χ2n) is 3.74. The number of rotatable bonds is 4. The molecular weight excluding hydrogens is 257 g/mol. The van der Waals surface area contributed by atoms with Gasteiger partial charge in [-0.15, -0.1) is 0 Å². The average molecular weight is 270 g/mol. The largest absolute Gasteiger partial charge is 0.383 e. The van der Waals surface area contributed by atoms with Crippen LogP contribution in [0.25, 0.3) is 0 Å². The maximum atomic E-state index is 5.92. The summed E-state index contributed by atoms with van der Waals surface area (Å²) in [7, 11) is 0. The molecule has 0 aliphatic carbocycles. The first-order valence-electron chi connectivity index (χ1n) is 5.34. The molecule has 0 amide bonds. The van der Waals surface area contributed by atoms with Crippen LogP contribution in [0.2, 0.25) is 10.0 Å². The molecule has 3 nitrogen and oxygen atoms in total. The van der Waals surface area contributed by atoms with Gasteiger partial charge in [0.2, 0.25) is 0 Å². The molecule has 1 heterocycles. The van der Waals surface area contributed by atoms with Crippen LogP contribution in [-0.2, 0) is 6.54 Å². The Kier molecular flexibility index (Phi) is 3.92. The van der Waals surface area contributed by atoms with Crippen molar-refractivity contribution in [3.05, 3.63) is 46.2 Å². The first-order chi connectivity index (χ1) is 8.16. The molecule has 2 rings (SSSR count). The van der Waals surface area contributed by atoms with Crippen LogP contribution in [-0.4, -0.2) is 16.3 Å². The SMILES string of the molecule is Cc1c(Cl)cnn1CCNc1cccc(Cl)c1.